The minimum absolute atomic E-state index is 0. The zero-order chi connectivity index (χ0) is 28.8. The number of benzene rings is 5. The molecule has 1 aliphatic rings. The van der Waals surface area contributed by atoms with E-state index >= 15 is 0 Å². The Labute approximate surface area is 270 Å². The standard InChI is InChI=1S/C27H17N3.C12H10N.Ir/c1-2-7-19(8-3-1)28-15-16-29(18-28)20-13-14-26-24(17-20)23-11-6-10-22-21-9-4-5-12-25(21)30(26)27(22)23;1-10-7-8-12(13-9-10)11-5-3-2-4-6-11;/h1-16,18H;2-5,7-9H,1H3;/q-2;-1;+3. The van der Waals surface area contributed by atoms with Crippen LogP contribution in [0.4, 0.5) is 11.4 Å². The van der Waals surface area contributed by atoms with Crippen LogP contribution in [-0.2, 0) is 20.1 Å². The molecule has 0 saturated heterocycles. The van der Waals surface area contributed by atoms with Gasteiger partial charge in [-0.2, -0.15) is 0 Å². The minimum atomic E-state index is 0. The Morgan fingerprint density at radius 3 is 2.25 bits per heavy atom. The van der Waals surface area contributed by atoms with Crippen LogP contribution in [-0.4, -0.2) is 9.38 Å². The molecule has 0 aliphatic carbocycles. The molecule has 5 heteroatoms. The summed E-state index contributed by atoms with van der Waals surface area (Å²) in [5, 5.41) is 5.03. The second-order valence-corrected chi connectivity index (χ2v) is 10.7. The van der Waals surface area contributed by atoms with Crippen molar-refractivity contribution in [1.29, 1.82) is 0 Å². The molecule has 9 rings (SSSR count). The predicted octanol–water partition coefficient (Wildman–Crippen LogP) is 9.41. The number of pyridine rings is 1. The van der Waals surface area contributed by atoms with E-state index < -0.39 is 0 Å². The third-order valence-electron chi connectivity index (χ3n) is 7.98. The Kier molecular flexibility index (Phi) is 7.35. The molecule has 3 aromatic heterocycles. The van der Waals surface area contributed by atoms with Crippen molar-refractivity contribution in [3.05, 3.63) is 164 Å². The maximum Gasteiger partial charge on any atom is 3.00 e. The average Bonchev–Trinajstić information content (AvgIpc) is 3.79. The van der Waals surface area contributed by atoms with Gasteiger partial charge in [0.25, 0.3) is 0 Å². The summed E-state index contributed by atoms with van der Waals surface area (Å²) >= 11 is 0. The van der Waals surface area contributed by atoms with E-state index in [0.29, 0.717) is 0 Å². The SMILES string of the molecule is Cc1ccc(-c2[c-]cccc2)nc1.[Ir+3].[c-]1c(N2C=CN(c3ccccc3)[CH-]2)ccc2c1c1cccc3c4ccccc4n2c13. The summed E-state index contributed by atoms with van der Waals surface area (Å²) in [6.45, 7) is 4.13. The molecule has 0 radical (unpaired) electrons. The third-order valence-corrected chi connectivity index (χ3v) is 7.98. The van der Waals surface area contributed by atoms with E-state index in [-0.39, 0.29) is 20.1 Å². The molecule has 212 valence electrons. The number of aryl methyl sites for hydroxylation is 1. The second kappa shape index (κ2) is 11.6. The normalized spacial score (nSPS) is 12.7. The number of para-hydroxylation sites is 3. The Morgan fingerprint density at radius 2 is 1.43 bits per heavy atom. The molecule has 0 saturated carbocycles. The summed E-state index contributed by atoms with van der Waals surface area (Å²) in [7, 11) is 0. The fourth-order valence-electron chi connectivity index (χ4n) is 5.92. The maximum atomic E-state index is 4.32. The van der Waals surface area contributed by atoms with Gasteiger partial charge in [-0.3, -0.25) is 0 Å². The summed E-state index contributed by atoms with van der Waals surface area (Å²) in [5.41, 5.74) is 9.12. The van der Waals surface area contributed by atoms with Gasteiger partial charge in [-0.15, -0.1) is 66.1 Å². The average molecular weight is 744 g/mol. The summed E-state index contributed by atoms with van der Waals surface area (Å²) in [5.74, 6) is 0. The second-order valence-electron chi connectivity index (χ2n) is 10.7. The molecule has 44 heavy (non-hydrogen) atoms. The Bertz CT molecular complexity index is 2220. The van der Waals surface area contributed by atoms with Crippen molar-refractivity contribution in [1.82, 2.24) is 9.38 Å². The van der Waals surface area contributed by atoms with Gasteiger partial charge in [0, 0.05) is 28.3 Å². The molecule has 5 aromatic carbocycles. The van der Waals surface area contributed by atoms with Gasteiger partial charge in [-0.25, -0.2) is 0 Å². The number of fused-ring (bicyclic) bond motifs is 6. The van der Waals surface area contributed by atoms with Gasteiger partial charge in [0.05, 0.1) is 0 Å². The Balaban J connectivity index is 0.000000189. The Hall–Kier alpha value is -4.96. The van der Waals surface area contributed by atoms with Crippen molar-refractivity contribution >= 4 is 49.5 Å². The van der Waals surface area contributed by atoms with Crippen molar-refractivity contribution in [2.75, 3.05) is 9.80 Å². The van der Waals surface area contributed by atoms with Crippen LogP contribution in [0.1, 0.15) is 5.56 Å². The molecule has 0 fully saturated rings. The number of nitrogens with zero attached hydrogens (tertiary/aromatic N) is 4. The van der Waals surface area contributed by atoms with Crippen LogP contribution in [0.25, 0.3) is 49.4 Å². The van der Waals surface area contributed by atoms with E-state index in [1.165, 1.54) is 43.7 Å². The van der Waals surface area contributed by atoms with Crippen LogP contribution in [0.3, 0.4) is 0 Å². The molecule has 8 aromatic rings. The van der Waals surface area contributed by atoms with Crippen molar-refractivity contribution in [3.63, 3.8) is 0 Å². The zero-order valence-electron chi connectivity index (χ0n) is 24.0. The van der Waals surface area contributed by atoms with Crippen LogP contribution < -0.4 is 9.80 Å². The van der Waals surface area contributed by atoms with Crippen LogP contribution in [0.5, 0.6) is 0 Å². The topological polar surface area (TPSA) is 23.8 Å². The summed E-state index contributed by atoms with van der Waals surface area (Å²) in [6, 6.07) is 48.7. The van der Waals surface area contributed by atoms with Crippen molar-refractivity contribution in [2.45, 2.75) is 6.92 Å². The number of aromatic nitrogens is 2. The first-order chi connectivity index (χ1) is 21.2. The zero-order valence-corrected chi connectivity index (χ0v) is 26.4. The number of hydrogen-bond acceptors (Lipinski definition) is 3. The fourth-order valence-corrected chi connectivity index (χ4v) is 5.92. The van der Waals surface area contributed by atoms with Crippen LogP contribution in [0.15, 0.2) is 140 Å². The molecule has 4 nitrogen and oxygen atoms in total. The van der Waals surface area contributed by atoms with E-state index in [2.05, 4.69) is 135 Å². The van der Waals surface area contributed by atoms with E-state index in [9.17, 15) is 0 Å². The maximum absolute atomic E-state index is 4.32. The summed E-state index contributed by atoms with van der Waals surface area (Å²) in [6.07, 6.45) is 6.03. The van der Waals surface area contributed by atoms with Gasteiger partial charge < -0.3 is 19.2 Å². The van der Waals surface area contributed by atoms with Gasteiger partial charge in [0.1, 0.15) is 0 Å². The van der Waals surface area contributed by atoms with E-state index in [1.54, 1.807) is 0 Å². The van der Waals surface area contributed by atoms with E-state index in [0.717, 1.165) is 22.6 Å². The summed E-state index contributed by atoms with van der Waals surface area (Å²) < 4.78 is 2.38. The predicted molar refractivity (Wildman–Crippen MR) is 178 cm³/mol. The molecule has 4 heterocycles. The van der Waals surface area contributed by atoms with Crippen LogP contribution >= 0.6 is 0 Å². The van der Waals surface area contributed by atoms with Crippen LogP contribution in [0, 0.1) is 25.7 Å². The quantitative estimate of drug-likeness (QED) is 0.169. The first kappa shape index (κ1) is 27.8. The molecule has 0 unspecified atom stereocenters. The van der Waals surface area contributed by atoms with Gasteiger partial charge in [0.15, 0.2) is 0 Å². The van der Waals surface area contributed by atoms with Crippen molar-refractivity contribution in [2.24, 2.45) is 0 Å². The molecule has 0 N–H and O–H groups in total. The first-order valence-corrected chi connectivity index (χ1v) is 14.4. The van der Waals surface area contributed by atoms with E-state index in [4.69, 9.17) is 0 Å². The molecule has 0 atom stereocenters. The first-order valence-electron chi connectivity index (χ1n) is 14.4. The molecule has 0 bridgehead atoms. The number of rotatable bonds is 3. The third kappa shape index (κ3) is 4.81. The van der Waals surface area contributed by atoms with Gasteiger partial charge >= 0.3 is 20.1 Å². The largest absolute Gasteiger partial charge is 3.00 e. The molecule has 0 spiro atoms. The van der Waals surface area contributed by atoms with Crippen LogP contribution in [0.2, 0.25) is 0 Å². The van der Waals surface area contributed by atoms with Crippen molar-refractivity contribution in [3.8, 4) is 11.3 Å². The number of anilines is 2. The van der Waals surface area contributed by atoms with Gasteiger partial charge in [0.2, 0.25) is 0 Å². The molecular formula is C39H27IrN4. The number of hydrogen-bond donors (Lipinski definition) is 0. The summed E-state index contributed by atoms with van der Waals surface area (Å²) in [4.78, 5) is 8.57. The minimum Gasteiger partial charge on any atom is -0.495 e. The fraction of sp³-hybridized carbons (Fsp3) is 0.0256. The van der Waals surface area contributed by atoms with E-state index in [1.807, 2.05) is 49.5 Å². The molecule has 0 amide bonds. The Morgan fingerprint density at radius 1 is 0.659 bits per heavy atom. The van der Waals surface area contributed by atoms with Gasteiger partial charge in [-0.05, 0) is 59.7 Å². The van der Waals surface area contributed by atoms with Gasteiger partial charge in [-0.1, -0.05) is 77.8 Å². The van der Waals surface area contributed by atoms with Crippen molar-refractivity contribution < 1.29 is 20.1 Å². The molecule has 1 aliphatic heterocycles. The smallest absolute Gasteiger partial charge is 0.495 e. The monoisotopic (exact) mass is 744 g/mol. The molecular weight excluding hydrogens is 717 g/mol.